The van der Waals surface area contributed by atoms with Gasteiger partial charge in [-0.25, -0.2) is 0 Å². The summed E-state index contributed by atoms with van der Waals surface area (Å²) in [6.07, 6.45) is 1.37. The summed E-state index contributed by atoms with van der Waals surface area (Å²) in [5.41, 5.74) is 0. The molecule has 1 heterocycles. The van der Waals surface area contributed by atoms with Crippen LogP contribution in [0.4, 0.5) is 0 Å². The summed E-state index contributed by atoms with van der Waals surface area (Å²) in [7, 11) is 0. The first-order valence-electron chi connectivity index (χ1n) is 6.75. The molecule has 1 aromatic rings. The first kappa shape index (κ1) is 14.1. The molecular formula is C15H22INO. The lowest BCUT2D eigenvalue weighted by atomic mass is 9.92. The molecule has 2 rings (SSSR count). The highest BCUT2D eigenvalue weighted by Crippen LogP contribution is 2.22. The van der Waals surface area contributed by atoms with E-state index in [0.717, 1.165) is 30.7 Å². The standard InChI is InChI=1S/C15H22INO/c1-12-9-13(2)11-17(10-12)7-8-18-15-6-4-3-5-14(15)16/h3-6,12-13H,7-11H2,1-2H3/t12-,13-/m1/s1. The van der Waals surface area contributed by atoms with Crippen LogP contribution in [0.2, 0.25) is 0 Å². The van der Waals surface area contributed by atoms with Crippen LogP contribution >= 0.6 is 22.6 Å². The van der Waals surface area contributed by atoms with Gasteiger partial charge in [-0.15, -0.1) is 0 Å². The third kappa shape index (κ3) is 4.12. The Morgan fingerprint density at radius 1 is 1.22 bits per heavy atom. The van der Waals surface area contributed by atoms with Gasteiger partial charge in [-0.2, -0.15) is 0 Å². The van der Waals surface area contributed by atoms with Gasteiger partial charge in [0.2, 0.25) is 0 Å². The lowest BCUT2D eigenvalue weighted by Crippen LogP contribution is -2.40. The van der Waals surface area contributed by atoms with Crippen LogP contribution in [0.15, 0.2) is 24.3 Å². The first-order valence-corrected chi connectivity index (χ1v) is 7.82. The van der Waals surface area contributed by atoms with Crippen LogP contribution < -0.4 is 4.74 Å². The Bertz CT molecular complexity index is 373. The van der Waals surface area contributed by atoms with Gasteiger partial charge < -0.3 is 4.74 Å². The second-order valence-corrected chi connectivity index (χ2v) is 6.65. The minimum absolute atomic E-state index is 0.791. The molecule has 18 heavy (non-hydrogen) atoms. The zero-order chi connectivity index (χ0) is 13.0. The summed E-state index contributed by atoms with van der Waals surface area (Å²) in [6.45, 7) is 8.98. The van der Waals surface area contributed by atoms with Crippen molar-refractivity contribution in [2.45, 2.75) is 20.3 Å². The van der Waals surface area contributed by atoms with E-state index >= 15 is 0 Å². The van der Waals surface area contributed by atoms with Gasteiger partial charge in [0, 0.05) is 19.6 Å². The number of piperidine rings is 1. The van der Waals surface area contributed by atoms with E-state index in [9.17, 15) is 0 Å². The number of halogens is 1. The Hall–Kier alpha value is -0.290. The van der Waals surface area contributed by atoms with Crippen molar-refractivity contribution in [3.8, 4) is 5.75 Å². The number of para-hydroxylation sites is 1. The van der Waals surface area contributed by atoms with Crippen LogP contribution in [0.3, 0.4) is 0 Å². The van der Waals surface area contributed by atoms with Crippen molar-refractivity contribution in [1.29, 1.82) is 0 Å². The predicted molar refractivity (Wildman–Crippen MR) is 84.0 cm³/mol. The fourth-order valence-electron chi connectivity index (χ4n) is 2.82. The summed E-state index contributed by atoms with van der Waals surface area (Å²) >= 11 is 2.32. The molecule has 2 nitrogen and oxygen atoms in total. The molecule has 0 bridgehead atoms. The van der Waals surface area contributed by atoms with E-state index in [1.807, 2.05) is 18.2 Å². The molecule has 3 heteroatoms. The van der Waals surface area contributed by atoms with Crippen molar-refractivity contribution < 1.29 is 4.74 Å². The van der Waals surface area contributed by atoms with E-state index < -0.39 is 0 Å². The SMILES string of the molecule is C[C@@H]1C[C@@H](C)CN(CCOc2ccccc2I)C1. The van der Waals surface area contributed by atoms with Gasteiger partial charge in [-0.05, 0) is 53.0 Å². The van der Waals surface area contributed by atoms with Crippen molar-refractivity contribution in [3.05, 3.63) is 27.8 Å². The number of hydrogen-bond acceptors (Lipinski definition) is 2. The summed E-state index contributed by atoms with van der Waals surface area (Å²) < 4.78 is 7.05. The minimum Gasteiger partial charge on any atom is -0.491 e. The van der Waals surface area contributed by atoms with Crippen molar-refractivity contribution in [3.63, 3.8) is 0 Å². The Morgan fingerprint density at radius 3 is 2.56 bits per heavy atom. The van der Waals surface area contributed by atoms with Gasteiger partial charge in [0.1, 0.15) is 12.4 Å². The van der Waals surface area contributed by atoms with Gasteiger partial charge in [-0.3, -0.25) is 4.90 Å². The number of rotatable bonds is 4. The molecule has 1 aliphatic rings. The quantitative estimate of drug-likeness (QED) is 0.761. The molecule has 0 unspecified atom stereocenters. The molecule has 1 fully saturated rings. The first-order chi connectivity index (χ1) is 8.65. The molecule has 0 saturated carbocycles. The maximum absolute atomic E-state index is 5.86. The number of likely N-dealkylation sites (tertiary alicyclic amines) is 1. The molecule has 2 atom stereocenters. The Kier molecular flexibility index (Phi) is 5.30. The van der Waals surface area contributed by atoms with Crippen LogP contribution in [0.5, 0.6) is 5.75 Å². The Balaban J connectivity index is 1.77. The van der Waals surface area contributed by atoms with Crippen molar-refractivity contribution in [2.24, 2.45) is 11.8 Å². The fraction of sp³-hybridized carbons (Fsp3) is 0.600. The third-order valence-electron chi connectivity index (χ3n) is 3.45. The van der Waals surface area contributed by atoms with Crippen LogP contribution in [0.25, 0.3) is 0 Å². The maximum atomic E-state index is 5.86. The highest BCUT2D eigenvalue weighted by Gasteiger charge is 2.21. The largest absolute Gasteiger partial charge is 0.491 e. The fourth-order valence-corrected chi connectivity index (χ4v) is 3.36. The molecule has 1 aliphatic heterocycles. The Labute approximate surface area is 124 Å². The monoisotopic (exact) mass is 359 g/mol. The molecule has 100 valence electrons. The maximum Gasteiger partial charge on any atom is 0.132 e. The normalized spacial score (nSPS) is 25.1. The molecule has 0 radical (unpaired) electrons. The van der Waals surface area contributed by atoms with E-state index in [2.05, 4.69) is 47.4 Å². The average molecular weight is 359 g/mol. The highest BCUT2D eigenvalue weighted by atomic mass is 127. The smallest absolute Gasteiger partial charge is 0.132 e. The summed E-state index contributed by atoms with van der Waals surface area (Å²) in [5.74, 6) is 2.66. The predicted octanol–water partition coefficient (Wildman–Crippen LogP) is 3.65. The van der Waals surface area contributed by atoms with Gasteiger partial charge >= 0.3 is 0 Å². The molecule has 1 saturated heterocycles. The van der Waals surface area contributed by atoms with Gasteiger partial charge in [0.25, 0.3) is 0 Å². The van der Waals surface area contributed by atoms with Crippen LogP contribution in [-0.2, 0) is 0 Å². The van der Waals surface area contributed by atoms with Gasteiger partial charge in [0.15, 0.2) is 0 Å². The topological polar surface area (TPSA) is 12.5 Å². The minimum atomic E-state index is 0.791. The molecular weight excluding hydrogens is 337 g/mol. The highest BCUT2D eigenvalue weighted by molar-refractivity contribution is 14.1. The summed E-state index contributed by atoms with van der Waals surface area (Å²) in [6, 6.07) is 8.20. The third-order valence-corrected chi connectivity index (χ3v) is 4.34. The zero-order valence-electron chi connectivity index (χ0n) is 11.2. The number of ether oxygens (including phenoxy) is 1. The molecule has 0 N–H and O–H groups in total. The van der Waals surface area contributed by atoms with Crippen molar-refractivity contribution >= 4 is 22.6 Å². The summed E-state index contributed by atoms with van der Waals surface area (Å²) in [4.78, 5) is 2.54. The van der Waals surface area contributed by atoms with Crippen LogP contribution in [-0.4, -0.2) is 31.1 Å². The number of benzene rings is 1. The van der Waals surface area contributed by atoms with Gasteiger partial charge in [-0.1, -0.05) is 26.0 Å². The molecule has 0 aromatic heterocycles. The van der Waals surface area contributed by atoms with Crippen molar-refractivity contribution in [1.82, 2.24) is 4.90 Å². The zero-order valence-corrected chi connectivity index (χ0v) is 13.4. The van der Waals surface area contributed by atoms with E-state index in [1.165, 1.54) is 23.1 Å². The second kappa shape index (κ2) is 6.75. The lowest BCUT2D eigenvalue weighted by molar-refractivity contribution is 0.120. The molecule has 0 spiro atoms. The van der Waals surface area contributed by atoms with Gasteiger partial charge in [0.05, 0.1) is 3.57 Å². The van der Waals surface area contributed by atoms with Crippen molar-refractivity contribution in [2.75, 3.05) is 26.2 Å². The lowest BCUT2D eigenvalue weighted by Gasteiger charge is -2.34. The number of nitrogens with zero attached hydrogens (tertiary/aromatic N) is 1. The van der Waals surface area contributed by atoms with E-state index in [-0.39, 0.29) is 0 Å². The van der Waals surface area contributed by atoms with Crippen LogP contribution in [0.1, 0.15) is 20.3 Å². The molecule has 1 aromatic carbocycles. The van der Waals surface area contributed by atoms with E-state index in [1.54, 1.807) is 0 Å². The summed E-state index contributed by atoms with van der Waals surface area (Å²) in [5, 5.41) is 0. The van der Waals surface area contributed by atoms with E-state index in [0.29, 0.717) is 0 Å². The number of hydrogen-bond donors (Lipinski definition) is 0. The molecule has 0 amide bonds. The Morgan fingerprint density at radius 2 is 1.89 bits per heavy atom. The second-order valence-electron chi connectivity index (χ2n) is 5.48. The van der Waals surface area contributed by atoms with Crippen LogP contribution in [0, 0.1) is 15.4 Å². The average Bonchev–Trinajstić information content (AvgIpc) is 2.30. The molecule has 0 aliphatic carbocycles. The van der Waals surface area contributed by atoms with E-state index in [4.69, 9.17) is 4.74 Å².